The highest BCUT2D eigenvalue weighted by molar-refractivity contribution is 9.10. The van der Waals surface area contributed by atoms with Gasteiger partial charge in [0.1, 0.15) is 5.75 Å². The molecule has 0 aromatic heterocycles. The van der Waals surface area contributed by atoms with Crippen LogP contribution < -0.4 is 10.2 Å². The number of benzene rings is 2. The molecule has 0 fully saturated rings. The molecule has 0 aliphatic carbocycles. The lowest BCUT2D eigenvalue weighted by Gasteiger charge is -2.05. The largest absolute Gasteiger partial charge is 0.494 e. The van der Waals surface area contributed by atoms with Crippen LogP contribution in [0.15, 0.2) is 58.1 Å². The molecule has 0 aliphatic rings. The fourth-order valence-corrected chi connectivity index (χ4v) is 2.16. The predicted molar refractivity (Wildman–Crippen MR) is 91.4 cm³/mol. The lowest BCUT2D eigenvalue weighted by molar-refractivity contribution is 0.0955. The van der Waals surface area contributed by atoms with E-state index in [1.165, 1.54) is 0 Å². The lowest BCUT2D eigenvalue weighted by atomic mass is 10.2. The Bertz CT molecular complexity index is 654. The maximum atomic E-state index is 12.0. The van der Waals surface area contributed by atoms with Crippen molar-refractivity contribution < 1.29 is 9.53 Å². The van der Waals surface area contributed by atoms with Crippen LogP contribution in [-0.2, 0) is 0 Å². The molecule has 0 spiro atoms. The molecule has 0 bridgehead atoms. The summed E-state index contributed by atoms with van der Waals surface area (Å²) in [5.41, 5.74) is 3.94. The van der Waals surface area contributed by atoms with Crippen LogP contribution in [0.5, 0.6) is 5.75 Å². The molecule has 22 heavy (non-hydrogen) atoms. The molecule has 2 rings (SSSR count). The highest BCUT2D eigenvalue weighted by atomic mass is 79.9. The van der Waals surface area contributed by atoms with Gasteiger partial charge in [0, 0.05) is 10.0 Å². The minimum absolute atomic E-state index is 0.256. The highest BCUT2D eigenvalue weighted by Crippen LogP contribution is 2.12. The smallest absolute Gasteiger partial charge is 0.271 e. The molecule has 1 N–H and O–H groups in total. The van der Waals surface area contributed by atoms with Gasteiger partial charge < -0.3 is 4.74 Å². The molecule has 0 aliphatic heterocycles. The van der Waals surface area contributed by atoms with E-state index in [0.717, 1.165) is 22.2 Å². The van der Waals surface area contributed by atoms with Gasteiger partial charge in [0.15, 0.2) is 0 Å². The third-order valence-corrected chi connectivity index (χ3v) is 3.31. The summed E-state index contributed by atoms with van der Waals surface area (Å²) in [5.74, 6) is 0.504. The minimum Gasteiger partial charge on any atom is -0.494 e. The summed E-state index contributed by atoms with van der Waals surface area (Å²) in [5, 5.41) is 3.95. The second-order valence-electron chi connectivity index (χ2n) is 4.63. The van der Waals surface area contributed by atoms with Crippen molar-refractivity contribution in [2.75, 3.05) is 6.61 Å². The molecule has 5 heteroatoms. The van der Waals surface area contributed by atoms with Crippen molar-refractivity contribution in [2.45, 2.75) is 13.3 Å². The zero-order valence-corrected chi connectivity index (χ0v) is 13.8. The fraction of sp³-hybridized carbons (Fsp3) is 0.176. The number of rotatable bonds is 6. The number of nitrogens with zero attached hydrogens (tertiary/aromatic N) is 1. The van der Waals surface area contributed by atoms with E-state index in [1.807, 2.05) is 31.2 Å². The standard InChI is InChI=1S/C17H17BrN2O2/c1-2-10-22-16-8-6-14(7-9-16)17(21)20-19-12-13-4-3-5-15(18)11-13/h3-9,11-12H,2,10H2,1H3,(H,20,21)/b19-12-. The molecule has 0 saturated carbocycles. The van der Waals surface area contributed by atoms with Gasteiger partial charge in [-0.2, -0.15) is 5.10 Å². The molecule has 1 amide bonds. The topological polar surface area (TPSA) is 50.7 Å². The van der Waals surface area contributed by atoms with Crippen LogP contribution in [-0.4, -0.2) is 18.7 Å². The summed E-state index contributed by atoms with van der Waals surface area (Å²) in [6, 6.07) is 14.6. The Morgan fingerprint density at radius 3 is 2.73 bits per heavy atom. The van der Waals surface area contributed by atoms with E-state index in [1.54, 1.807) is 30.5 Å². The first-order valence-electron chi connectivity index (χ1n) is 7.01. The van der Waals surface area contributed by atoms with Gasteiger partial charge in [-0.1, -0.05) is 35.0 Å². The number of nitrogens with one attached hydrogen (secondary N) is 1. The molecule has 4 nitrogen and oxygen atoms in total. The number of hydrogen-bond donors (Lipinski definition) is 1. The average Bonchev–Trinajstić information content (AvgIpc) is 2.53. The van der Waals surface area contributed by atoms with Crippen LogP contribution in [0, 0.1) is 0 Å². The van der Waals surface area contributed by atoms with E-state index in [9.17, 15) is 4.79 Å². The maximum Gasteiger partial charge on any atom is 0.271 e. The van der Waals surface area contributed by atoms with E-state index in [-0.39, 0.29) is 5.91 Å². The van der Waals surface area contributed by atoms with Crippen LogP contribution in [0.2, 0.25) is 0 Å². The predicted octanol–water partition coefficient (Wildman–Crippen LogP) is 4.00. The SMILES string of the molecule is CCCOc1ccc(C(=O)N/N=C\c2cccc(Br)c2)cc1. The van der Waals surface area contributed by atoms with E-state index in [2.05, 4.69) is 26.5 Å². The quantitative estimate of drug-likeness (QED) is 0.625. The monoisotopic (exact) mass is 360 g/mol. The second-order valence-corrected chi connectivity index (χ2v) is 5.54. The minimum atomic E-state index is -0.256. The molecule has 0 saturated heterocycles. The number of hydrazone groups is 1. The fourth-order valence-electron chi connectivity index (χ4n) is 1.74. The third kappa shape index (κ3) is 5.00. The molecule has 114 valence electrons. The Morgan fingerprint density at radius 2 is 2.05 bits per heavy atom. The first-order chi connectivity index (χ1) is 10.7. The van der Waals surface area contributed by atoms with E-state index < -0.39 is 0 Å². The van der Waals surface area contributed by atoms with Crippen LogP contribution in [0.1, 0.15) is 29.3 Å². The summed E-state index contributed by atoms with van der Waals surface area (Å²) in [7, 11) is 0. The molecule has 2 aromatic carbocycles. The molecule has 0 radical (unpaired) electrons. The Morgan fingerprint density at radius 1 is 1.27 bits per heavy atom. The van der Waals surface area contributed by atoms with Gasteiger partial charge in [0.25, 0.3) is 5.91 Å². The van der Waals surface area contributed by atoms with Gasteiger partial charge in [-0.05, 0) is 48.4 Å². The van der Waals surface area contributed by atoms with Crippen molar-refractivity contribution in [3.05, 3.63) is 64.1 Å². The van der Waals surface area contributed by atoms with Gasteiger partial charge in [-0.15, -0.1) is 0 Å². The molecular weight excluding hydrogens is 344 g/mol. The lowest BCUT2D eigenvalue weighted by Crippen LogP contribution is -2.17. The molecule has 0 unspecified atom stereocenters. The molecule has 2 aromatic rings. The summed E-state index contributed by atoms with van der Waals surface area (Å²) < 4.78 is 6.44. The van der Waals surface area contributed by atoms with Gasteiger partial charge in [0.05, 0.1) is 12.8 Å². The Hall–Kier alpha value is -2.14. The van der Waals surface area contributed by atoms with Crippen LogP contribution >= 0.6 is 15.9 Å². The molecular formula is C17H17BrN2O2. The van der Waals surface area contributed by atoms with Gasteiger partial charge in [-0.3, -0.25) is 4.79 Å². The molecule has 0 atom stereocenters. The number of halogens is 1. The number of carbonyl (C=O) groups is 1. The highest BCUT2D eigenvalue weighted by Gasteiger charge is 2.04. The third-order valence-electron chi connectivity index (χ3n) is 2.82. The summed E-state index contributed by atoms with van der Waals surface area (Å²) >= 11 is 3.38. The Balaban J connectivity index is 1.91. The van der Waals surface area contributed by atoms with Crippen molar-refractivity contribution in [1.29, 1.82) is 0 Å². The summed E-state index contributed by atoms with van der Waals surface area (Å²) in [6.07, 6.45) is 2.55. The van der Waals surface area contributed by atoms with E-state index in [4.69, 9.17) is 4.74 Å². The summed E-state index contributed by atoms with van der Waals surface area (Å²) in [4.78, 5) is 12.0. The first kappa shape index (κ1) is 16.2. The zero-order chi connectivity index (χ0) is 15.8. The maximum absolute atomic E-state index is 12.0. The Labute approximate surface area is 138 Å². The van der Waals surface area contributed by atoms with Gasteiger partial charge >= 0.3 is 0 Å². The van der Waals surface area contributed by atoms with Crippen LogP contribution in [0.4, 0.5) is 0 Å². The van der Waals surface area contributed by atoms with Crippen molar-refractivity contribution >= 4 is 28.1 Å². The molecule has 0 heterocycles. The van der Waals surface area contributed by atoms with Crippen LogP contribution in [0.3, 0.4) is 0 Å². The van der Waals surface area contributed by atoms with Crippen molar-refractivity contribution in [3.8, 4) is 5.75 Å². The number of hydrogen-bond acceptors (Lipinski definition) is 3. The Kier molecular flexibility index (Phi) is 6.15. The van der Waals surface area contributed by atoms with Crippen molar-refractivity contribution in [1.82, 2.24) is 5.43 Å². The zero-order valence-electron chi connectivity index (χ0n) is 12.3. The number of ether oxygens (including phenoxy) is 1. The van der Waals surface area contributed by atoms with Gasteiger partial charge in [-0.25, -0.2) is 5.43 Å². The van der Waals surface area contributed by atoms with E-state index in [0.29, 0.717) is 12.2 Å². The van der Waals surface area contributed by atoms with Crippen LogP contribution in [0.25, 0.3) is 0 Å². The first-order valence-corrected chi connectivity index (χ1v) is 7.80. The summed E-state index contributed by atoms with van der Waals surface area (Å²) in [6.45, 7) is 2.72. The van der Waals surface area contributed by atoms with E-state index >= 15 is 0 Å². The normalized spacial score (nSPS) is 10.6. The van der Waals surface area contributed by atoms with Crippen molar-refractivity contribution in [2.24, 2.45) is 5.10 Å². The van der Waals surface area contributed by atoms with Gasteiger partial charge in [0.2, 0.25) is 0 Å². The number of amides is 1. The second kappa shape index (κ2) is 8.34. The number of carbonyl (C=O) groups excluding carboxylic acids is 1. The van der Waals surface area contributed by atoms with Crippen molar-refractivity contribution in [3.63, 3.8) is 0 Å². The average molecular weight is 361 g/mol.